The zero-order chi connectivity index (χ0) is 12.3. The molecule has 3 heteroatoms. The molecule has 1 rings (SSSR count). The first kappa shape index (κ1) is 13.3. The topological polar surface area (TPSA) is 18.8 Å². The summed E-state index contributed by atoms with van der Waals surface area (Å²) in [7, 11) is 0. The molecule has 0 saturated heterocycles. The largest absolute Gasteiger partial charge is 0.339 e. The number of hydrogen-bond acceptors (Lipinski definition) is 3. The summed E-state index contributed by atoms with van der Waals surface area (Å²) in [6, 6.07) is 0. The van der Waals surface area contributed by atoms with Crippen molar-refractivity contribution >= 4 is 6.34 Å². The van der Waals surface area contributed by atoms with Crippen molar-refractivity contribution in [1.29, 1.82) is 0 Å². The minimum atomic E-state index is 0.324. The van der Waals surface area contributed by atoms with E-state index in [4.69, 9.17) is 0 Å². The monoisotopic (exact) mass is 225 g/mol. The third-order valence-corrected chi connectivity index (χ3v) is 2.74. The fourth-order valence-electron chi connectivity index (χ4n) is 2.12. The Hall–Kier alpha value is -0.730. The molecule has 0 N–H and O–H groups in total. The number of rotatable bonds is 4. The number of hydrogen-bond donors (Lipinski definition) is 0. The second kappa shape index (κ2) is 5.07. The summed E-state index contributed by atoms with van der Waals surface area (Å²) in [6.07, 6.45) is 3.66. The van der Waals surface area contributed by atoms with Gasteiger partial charge in [-0.05, 0) is 24.7 Å². The summed E-state index contributed by atoms with van der Waals surface area (Å²) >= 11 is 0. The van der Waals surface area contributed by atoms with Crippen LogP contribution in [0.2, 0.25) is 0 Å². The van der Waals surface area contributed by atoms with Crippen LogP contribution in [-0.2, 0) is 0 Å². The molecule has 0 aromatic rings. The molecule has 3 nitrogen and oxygen atoms in total. The Morgan fingerprint density at radius 1 is 1.31 bits per heavy atom. The van der Waals surface area contributed by atoms with Crippen molar-refractivity contribution in [1.82, 2.24) is 9.91 Å². The maximum Gasteiger partial charge on any atom is 0.119 e. The quantitative estimate of drug-likeness (QED) is 0.732. The molecule has 0 saturated carbocycles. The lowest BCUT2D eigenvalue weighted by molar-refractivity contribution is 0.0940. The van der Waals surface area contributed by atoms with Crippen molar-refractivity contribution in [3.05, 3.63) is 0 Å². The summed E-state index contributed by atoms with van der Waals surface area (Å²) in [6.45, 7) is 15.6. The van der Waals surface area contributed by atoms with Crippen molar-refractivity contribution in [3.8, 4) is 0 Å². The smallest absolute Gasteiger partial charge is 0.119 e. The van der Waals surface area contributed by atoms with Crippen molar-refractivity contribution < 1.29 is 0 Å². The van der Waals surface area contributed by atoms with E-state index < -0.39 is 0 Å². The molecule has 0 aromatic carbocycles. The molecule has 0 spiro atoms. The molecule has 1 heterocycles. The van der Waals surface area contributed by atoms with Crippen LogP contribution in [0.5, 0.6) is 0 Å². The van der Waals surface area contributed by atoms with E-state index in [9.17, 15) is 0 Å². The molecule has 1 aliphatic heterocycles. The van der Waals surface area contributed by atoms with Crippen LogP contribution >= 0.6 is 0 Å². The summed E-state index contributed by atoms with van der Waals surface area (Å²) in [5.74, 6) is 0.711. The Bertz CT molecular complexity index is 240. The maximum atomic E-state index is 4.49. The molecular formula is C13H27N3. The van der Waals surface area contributed by atoms with Gasteiger partial charge in [0, 0.05) is 13.1 Å². The maximum absolute atomic E-state index is 4.49. The Labute approximate surface area is 100 Å². The molecule has 0 bridgehead atoms. The van der Waals surface area contributed by atoms with E-state index in [0.29, 0.717) is 17.5 Å². The van der Waals surface area contributed by atoms with Crippen molar-refractivity contribution in [2.24, 2.45) is 16.4 Å². The lowest BCUT2D eigenvalue weighted by Crippen LogP contribution is -2.43. The number of hydrazone groups is 1. The van der Waals surface area contributed by atoms with Gasteiger partial charge in [-0.25, -0.2) is 0 Å². The minimum Gasteiger partial charge on any atom is -0.339 e. The van der Waals surface area contributed by atoms with Crippen LogP contribution in [0.15, 0.2) is 5.10 Å². The van der Waals surface area contributed by atoms with Gasteiger partial charge in [-0.15, -0.1) is 0 Å². The van der Waals surface area contributed by atoms with Gasteiger partial charge in [0.1, 0.15) is 12.5 Å². The number of nitrogens with zero attached hydrogens (tertiary/aromatic N) is 3. The zero-order valence-corrected chi connectivity index (χ0v) is 11.7. The first-order valence-electron chi connectivity index (χ1n) is 6.40. The van der Waals surface area contributed by atoms with Crippen LogP contribution < -0.4 is 0 Å². The first-order chi connectivity index (χ1) is 7.33. The van der Waals surface area contributed by atoms with Crippen LogP contribution in [0, 0.1) is 11.3 Å². The van der Waals surface area contributed by atoms with Crippen molar-refractivity contribution in [2.75, 3.05) is 13.1 Å². The molecule has 0 fully saturated rings. The third kappa shape index (κ3) is 3.69. The van der Waals surface area contributed by atoms with Crippen LogP contribution in [0.1, 0.15) is 48.0 Å². The van der Waals surface area contributed by atoms with Gasteiger partial charge in [-0.2, -0.15) is 5.10 Å². The van der Waals surface area contributed by atoms with Crippen LogP contribution in [0.3, 0.4) is 0 Å². The highest BCUT2D eigenvalue weighted by Gasteiger charge is 2.29. The van der Waals surface area contributed by atoms with Crippen molar-refractivity contribution in [3.63, 3.8) is 0 Å². The molecule has 1 atom stereocenters. The minimum absolute atomic E-state index is 0.324. The Morgan fingerprint density at radius 3 is 2.38 bits per heavy atom. The molecule has 0 amide bonds. The Kier molecular flexibility index (Phi) is 4.22. The van der Waals surface area contributed by atoms with Crippen molar-refractivity contribution in [2.45, 2.75) is 54.1 Å². The third-order valence-electron chi connectivity index (χ3n) is 2.74. The highest BCUT2D eigenvalue weighted by molar-refractivity contribution is 5.57. The lowest BCUT2D eigenvalue weighted by Gasteiger charge is -2.35. The standard InChI is InChI=1S/C13H27N3/c1-7-16-12(8-11(2)3)15(10-14-16)9-13(4,5)6/h10-12H,7-9H2,1-6H3. The van der Waals surface area contributed by atoms with Crippen LogP contribution in [0.25, 0.3) is 0 Å². The van der Waals surface area contributed by atoms with Gasteiger partial charge in [0.2, 0.25) is 0 Å². The zero-order valence-electron chi connectivity index (χ0n) is 11.7. The van der Waals surface area contributed by atoms with Gasteiger partial charge in [0.05, 0.1) is 0 Å². The van der Waals surface area contributed by atoms with Gasteiger partial charge < -0.3 is 4.90 Å². The average molecular weight is 225 g/mol. The average Bonchev–Trinajstić information content (AvgIpc) is 2.45. The fourth-order valence-corrected chi connectivity index (χ4v) is 2.12. The molecular weight excluding hydrogens is 198 g/mol. The summed E-state index contributed by atoms with van der Waals surface area (Å²) < 4.78 is 0. The summed E-state index contributed by atoms with van der Waals surface area (Å²) in [4.78, 5) is 2.39. The predicted molar refractivity (Wildman–Crippen MR) is 70.3 cm³/mol. The molecule has 1 unspecified atom stereocenters. The molecule has 1 aliphatic rings. The highest BCUT2D eigenvalue weighted by Crippen LogP contribution is 2.24. The van der Waals surface area contributed by atoms with E-state index in [1.807, 2.05) is 6.34 Å². The Morgan fingerprint density at radius 2 is 1.94 bits per heavy atom. The molecule has 0 aliphatic carbocycles. The van der Waals surface area contributed by atoms with E-state index in [2.05, 4.69) is 56.6 Å². The lowest BCUT2D eigenvalue weighted by atomic mass is 9.95. The van der Waals surface area contributed by atoms with E-state index in [1.54, 1.807) is 0 Å². The molecule has 94 valence electrons. The van der Waals surface area contributed by atoms with Gasteiger partial charge >= 0.3 is 0 Å². The molecule has 0 aromatic heterocycles. The molecule has 0 radical (unpaired) electrons. The second-order valence-electron chi connectivity index (χ2n) is 6.33. The second-order valence-corrected chi connectivity index (χ2v) is 6.33. The fraction of sp³-hybridized carbons (Fsp3) is 0.923. The van der Waals surface area contributed by atoms with Crippen LogP contribution in [0.4, 0.5) is 0 Å². The van der Waals surface area contributed by atoms with E-state index in [-0.39, 0.29) is 0 Å². The predicted octanol–water partition coefficient (Wildman–Crippen LogP) is 2.99. The normalized spacial score (nSPS) is 21.3. The summed E-state index contributed by atoms with van der Waals surface area (Å²) in [5.41, 5.74) is 0.324. The highest BCUT2D eigenvalue weighted by atomic mass is 15.6. The molecule has 16 heavy (non-hydrogen) atoms. The van der Waals surface area contributed by atoms with E-state index in [0.717, 1.165) is 13.1 Å². The Balaban J connectivity index is 2.65. The van der Waals surface area contributed by atoms with Gasteiger partial charge in [0.15, 0.2) is 0 Å². The van der Waals surface area contributed by atoms with Gasteiger partial charge in [-0.3, -0.25) is 5.01 Å². The summed E-state index contributed by atoms with van der Waals surface area (Å²) in [5, 5.41) is 6.69. The van der Waals surface area contributed by atoms with Gasteiger partial charge in [0.25, 0.3) is 0 Å². The van der Waals surface area contributed by atoms with Crippen LogP contribution in [-0.4, -0.2) is 35.5 Å². The van der Waals surface area contributed by atoms with E-state index >= 15 is 0 Å². The first-order valence-corrected chi connectivity index (χ1v) is 6.40. The SMILES string of the molecule is CCN1N=CN(CC(C)(C)C)C1CC(C)C. The van der Waals surface area contributed by atoms with E-state index in [1.165, 1.54) is 6.42 Å². The van der Waals surface area contributed by atoms with Gasteiger partial charge in [-0.1, -0.05) is 34.6 Å².